The molecule has 1 aromatic heterocycles. The van der Waals surface area contributed by atoms with Gasteiger partial charge in [0.25, 0.3) is 0 Å². The van der Waals surface area contributed by atoms with E-state index in [-0.39, 0.29) is 54.2 Å². The highest BCUT2D eigenvalue weighted by Gasteiger charge is 2.35. The van der Waals surface area contributed by atoms with Crippen LogP contribution in [0, 0.1) is 11.6 Å². The molecule has 1 aromatic carbocycles. The molecule has 152 valence electrons. The Morgan fingerprint density at radius 3 is 2.54 bits per heavy atom. The minimum Gasteiger partial charge on any atom is -0.477 e. The van der Waals surface area contributed by atoms with E-state index in [0.717, 1.165) is 25.1 Å². The van der Waals surface area contributed by atoms with Crippen LogP contribution in [0.25, 0.3) is 10.9 Å². The van der Waals surface area contributed by atoms with E-state index in [2.05, 4.69) is 0 Å². The molecule has 10 heteroatoms. The van der Waals surface area contributed by atoms with Crippen molar-refractivity contribution in [3.63, 3.8) is 0 Å². The van der Waals surface area contributed by atoms with Gasteiger partial charge in [0.2, 0.25) is 5.43 Å². The van der Waals surface area contributed by atoms with Crippen molar-refractivity contribution in [1.82, 2.24) is 4.57 Å². The standard InChI is InChI=1S/C18H19F2N3O4.ClH/c1-27-13-7-22(6-12(13)21)16-11(19)4-9-15(14(16)20)23(8-2-3-8)5-10(17(9)24)18(25)26;/h4-5,8,12-13H,2-3,6-7,21H2,1H3,(H,25,26);1H/t12-,13+;/m1./s1. The summed E-state index contributed by atoms with van der Waals surface area (Å²) in [4.78, 5) is 25.3. The fraction of sp³-hybridized carbons (Fsp3) is 0.444. The number of methoxy groups -OCH3 is 1. The monoisotopic (exact) mass is 415 g/mol. The number of benzene rings is 1. The van der Waals surface area contributed by atoms with Gasteiger partial charge >= 0.3 is 5.97 Å². The Morgan fingerprint density at radius 1 is 1.32 bits per heavy atom. The van der Waals surface area contributed by atoms with Crippen LogP contribution in [0.4, 0.5) is 14.5 Å². The van der Waals surface area contributed by atoms with Gasteiger partial charge < -0.3 is 25.0 Å². The average Bonchev–Trinajstić information content (AvgIpc) is 3.38. The number of carboxylic acids is 1. The zero-order valence-corrected chi connectivity index (χ0v) is 15.8. The Morgan fingerprint density at radius 2 is 2.00 bits per heavy atom. The first kappa shape index (κ1) is 20.5. The van der Waals surface area contributed by atoms with E-state index in [0.29, 0.717) is 0 Å². The van der Waals surface area contributed by atoms with Crippen LogP contribution in [-0.4, -0.2) is 48.0 Å². The third-order valence-corrected chi connectivity index (χ3v) is 5.28. The van der Waals surface area contributed by atoms with Crippen LogP contribution in [0.3, 0.4) is 0 Å². The molecule has 0 bridgehead atoms. The van der Waals surface area contributed by atoms with E-state index in [1.165, 1.54) is 16.6 Å². The van der Waals surface area contributed by atoms with Crippen LogP contribution in [0.2, 0.25) is 0 Å². The first-order valence-corrected chi connectivity index (χ1v) is 8.67. The highest BCUT2D eigenvalue weighted by atomic mass is 35.5. The van der Waals surface area contributed by atoms with Crippen LogP contribution in [0.15, 0.2) is 17.1 Å². The van der Waals surface area contributed by atoms with E-state index in [9.17, 15) is 19.1 Å². The van der Waals surface area contributed by atoms with Crippen molar-refractivity contribution in [2.45, 2.75) is 31.0 Å². The number of hydrogen-bond acceptors (Lipinski definition) is 5. The lowest BCUT2D eigenvalue weighted by Gasteiger charge is -2.22. The number of anilines is 1. The van der Waals surface area contributed by atoms with Gasteiger partial charge in [-0.1, -0.05) is 0 Å². The molecule has 0 spiro atoms. The summed E-state index contributed by atoms with van der Waals surface area (Å²) in [5, 5.41) is 9.00. The molecule has 4 rings (SSSR count). The zero-order chi connectivity index (χ0) is 19.5. The zero-order valence-electron chi connectivity index (χ0n) is 15.0. The summed E-state index contributed by atoms with van der Waals surface area (Å²) in [6.07, 6.45) is 2.27. The second-order valence-electron chi connectivity index (χ2n) is 7.08. The molecular formula is C18H20ClF2N3O4. The fourth-order valence-electron chi connectivity index (χ4n) is 3.75. The molecule has 2 fully saturated rings. The van der Waals surface area contributed by atoms with Gasteiger partial charge in [-0.25, -0.2) is 13.6 Å². The molecule has 0 amide bonds. The molecule has 1 aliphatic carbocycles. The molecule has 2 heterocycles. The molecule has 28 heavy (non-hydrogen) atoms. The summed E-state index contributed by atoms with van der Waals surface area (Å²) in [6.45, 7) is 0.427. The van der Waals surface area contributed by atoms with Crippen molar-refractivity contribution in [3.05, 3.63) is 39.7 Å². The van der Waals surface area contributed by atoms with Gasteiger partial charge in [0.1, 0.15) is 17.1 Å². The average molecular weight is 416 g/mol. The van der Waals surface area contributed by atoms with E-state index in [1.54, 1.807) is 0 Å². The van der Waals surface area contributed by atoms with Gasteiger partial charge in [-0.2, -0.15) is 0 Å². The number of nitrogens with zero attached hydrogens (tertiary/aromatic N) is 2. The number of hydrogen-bond donors (Lipinski definition) is 2. The van der Waals surface area contributed by atoms with E-state index < -0.39 is 34.6 Å². The summed E-state index contributed by atoms with van der Waals surface area (Å²) in [5.41, 5.74) is 4.23. The first-order valence-electron chi connectivity index (χ1n) is 8.67. The Balaban J connectivity index is 0.00000225. The molecule has 2 atom stereocenters. The maximum atomic E-state index is 15.4. The third kappa shape index (κ3) is 3.13. The van der Waals surface area contributed by atoms with Gasteiger partial charge in [0.15, 0.2) is 5.82 Å². The van der Waals surface area contributed by atoms with Crippen LogP contribution < -0.4 is 16.1 Å². The van der Waals surface area contributed by atoms with E-state index in [4.69, 9.17) is 10.5 Å². The number of aromatic carboxylic acids is 1. The number of fused-ring (bicyclic) bond motifs is 1. The van der Waals surface area contributed by atoms with Crippen LogP contribution >= 0.6 is 12.4 Å². The SMILES string of the molecule is CO[C@H]1CN(c2c(F)cc3c(=O)c(C(=O)O)cn(C4CC4)c3c2F)C[C@H]1N.Cl. The highest BCUT2D eigenvalue weighted by molar-refractivity contribution is 5.94. The Kier molecular flexibility index (Phi) is 5.35. The number of pyridine rings is 1. The lowest BCUT2D eigenvalue weighted by molar-refractivity contribution is 0.0694. The summed E-state index contributed by atoms with van der Waals surface area (Å²) >= 11 is 0. The molecule has 2 aliphatic rings. The largest absolute Gasteiger partial charge is 0.477 e. The van der Waals surface area contributed by atoms with E-state index >= 15 is 4.39 Å². The number of carboxylic acid groups (broad SMARTS) is 1. The van der Waals surface area contributed by atoms with Crippen LogP contribution in [-0.2, 0) is 4.74 Å². The van der Waals surface area contributed by atoms with Crippen molar-refractivity contribution in [2.75, 3.05) is 25.1 Å². The summed E-state index contributed by atoms with van der Waals surface area (Å²) in [7, 11) is 1.49. The molecule has 1 saturated carbocycles. The third-order valence-electron chi connectivity index (χ3n) is 5.28. The molecule has 0 unspecified atom stereocenters. The minimum absolute atomic E-state index is 0. The molecule has 3 N–H and O–H groups in total. The highest BCUT2D eigenvalue weighted by Crippen LogP contribution is 2.40. The van der Waals surface area contributed by atoms with Crippen LogP contribution in [0.1, 0.15) is 29.2 Å². The van der Waals surface area contributed by atoms with Crippen molar-refractivity contribution >= 4 is 35.0 Å². The minimum atomic E-state index is -1.42. The molecule has 0 radical (unpaired) electrons. The summed E-state index contributed by atoms with van der Waals surface area (Å²) in [6, 6.07) is 0.420. The topological polar surface area (TPSA) is 97.8 Å². The lowest BCUT2D eigenvalue weighted by atomic mass is 10.1. The summed E-state index contributed by atoms with van der Waals surface area (Å²) in [5.74, 6) is -3.23. The van der Waals surface area contributed by atoms with Gasteiger partial charge in [0.05, 0.1) is 23.0 Å². The van der Waals surface area contributed by atoms with Crippen molar-refractivity contribution in [2.24, 2.45) is 5.73 Å². The van der Waals surface area contributed by atoms with Crippen molar-refractivity contribution in [3.8, 4) is 0 Å². The molecule has 2 aromatic rings. The quantitative estimate of drug-likeness (QED) is 0.791. The number of ether oxygens (including phenoxy) is 1. The smallest absolute Gasteiger partial charge is 0.341 e. The second-order valence-corrected chi connectivity index (χ2v) is 7.08. The second kappa shape index (κ2) is 7.31. The Hall–Kier alpha value is -2.23. The number of halogens is 3. The Labute approximate surface area is 165 Å². The van der Waals surface area contributed by atoms with Crippen molar-refractivity contribution < 1.29 is 23.4 Å². The van der Waals surface area contributed by atoms with E-state index in [1.807, 2.05) is 0 Å². The maximum Gasteiger partial charge on any atom is 0.341 e. The predicted octanol–water partition coefficient (Wildman–Crippen LogP) is 1.90. The fourth-order valence-corrected chi connectivity index (χ4v) is 3.75. The first-order chi connectivity index (χ1) is 12.8. The number of rotatable bonds is 4. The van der Waals surface area contributed by atoms with Gasteiger partial charge in [-0.05, 0) is 18.9 Å². The summed E-state index contributed by atoms with van der Waals surface area (Å²) < 4.78 is 36.9. The number of aromatic nitrogens is 1. The number of carbonyl (C=O) groups is 1. The molecule has 1 aliphatic heterocycles. The van der Waals surface area contributed by atoms with Crippen LogP contribution in [0.5, 0.6) is 0 Å². The molecule has 1 saturated heterocycles. The van der Waals surface area contributed by atoms with Gasteiger partial charge in [-0.3, -0.25) is 4.79 Å². The normalized spacial score (nSPS) is 21.8. The Bertz CT molecular complexity index is 1010. The molecule has 7 nitrogen and oxygen atoms in total. The predicted molar refractivity (Wildman–Crippen MR) is 102 cm³/mol. The van der Waals surface area contributed by atoms with Crippen molar-refractivity contribution in [1.29, 1.82) is 0 Å². The van der Waals surface area contributed by atoms with Gasteiger partial charge in [-0.15, -0.1) is 12.4 Å². The van der Waals surface area contributed by atoms with Gasteiger partial charge in [0, 0.05) is 32.4 Å². The number of nitrogens with two attached hydrogens (primary N) is 1. The molecular weight excluding hydrogens is 396 g/mol. The lowest BCUT2D eigenvalue weighted by Crippen LogP contribution is -2.34. The maximum absolute atomic E-state index is 15.4.